The molecule has 0 unspecified atom stereocenters. The molecule has 4 nitrogen and oxygen atoms in total. The fraction of sp³-hybridized carbons (Fsp3) is 0.667. The largest absolute Gasteiger partial charge is 0.386 e. The average Bonchev–Trinajstić information content (AvgIpc) is 1.68. The van der Waals surface area contributed by atoms with E-state index in [2.05, 4.69) is 10.3 Å². The van der Waals surface area contributed by atoms with Gasteiger partial charge in [-0.15, -0.1) is 0 Å². The molecule has 1 amide bonds. The Bertz CT molecular complexity index is 63.2. The van der Waals surface area contributed by atoms with E-state index in [-0.39, 0.29) is 0 Å². The van der Waals surface area contributed by atoms with Crippen molar-refractivity contribution in [2.45, 2.75) is 0 Å². The second kappa shape index (κ2) is 3.58. The summed E-state index contributed by atoms with van der Waals surface area (Å²) in [6.07, 6.45) is 0. The van der Waals surface area contributed by atoms with Crippen molar-refractivity contribution in [2.75, 3.05) is 13.7 Å². The van der Waals surface area contributed by atoms with Gasteiger partial charge in [0, 0.05) is 0 Å². The predicted octanol–water partition coefficient (Wildman–Crippen LogP) is -1.33. The Kier molecular flexibility index (Phi) is 3.26. The maximum Gasteiger partial charge on any atom is 0.294 e. The van der Waals surface area contributed by atoms with Crippen molar-refractivity contribution in [3.63, 3.8) is 0 Å². The van der Waals surface area contributed by atoms with Crippen LogP contribution in [0.4, 0.5) is 0 Å². The lowest BCUT2D eigenvalue weighted by Crippen LogP contribution is -2.17. The van der Waals surface area contributed by atoms with E-state index >= 15 is 0 Å². The molecule has 0 aliphatic heterocycles. The Morgan fingerprint density at radius 2 is 2.57 bits per heavy atom. The molecule has 0 spiro atoms. The normalized spacial score (nSPS) is 8.29. The maximum atomic E-state index is 9.87. The zero-order valence-corrected chi connectivity index (χ0v) is 3.92. The molecule has 0 saturated heterocycles. The van der Waals surface area contributed by atoms with E-state index in [0.29, 0.717) is 0 Å². The third-order valence-corrected chi connectivity index (χ3v) is 0.328. The molecular weight excluding hydrogens is 98.0 g/mol. The van der Waals surface area contributed by atoms with Crippen LogP contribution in [0.2, 0.25) is 0 Å². The number of hydroxylamine groups is 1. The first-order chi connectivity index (χ1) is 3.31. The summed E-state index contributed by atoms with van der Waals surface area (Å²) in [4.78, 5) is 13.9. The number of amides is 1. The van der Waals surface area contributed by atoms with Gasteiger partial charge in [-0.05, 0) is 0 Å². The molecule has 0 rings (SSSR count). The zero-order valence-electron chi connectivity index (χ0n) is 3.92. The molecule has 0 atom stereocenters. The van der Waals surface area contributed by atoms with E-state index in [9.17, 15) is 4.79 Å². The molecule has 0 saturated carbocycles. The maximum absolute atomic E-state index is 9.87. The fourth-order valence-electron chi connectivity index (χ4n) is 0.131. The average molecular weight is 104 g/mol. The van der Waals surface area contributed by atoms with Gasteiger partial charge in [0.2, 0.25) is 0 Å². The zero-order chi connectivity index (χ0) is 5.70. The fourth-order valence-corrected chi connectivity index (χ4v) is 0.131. The number of aliphatic hydroxyl groups excluding tert-OH is 1. The van der Waals surface area contributed by atoms with Gasteiger partial charge in [0.25, 0.3) is 5.91 Å². The second-order valence-electron chi connectivity index (χ2n) is 0.826. The van der Waals surface area contributed by atoms with Gasteiger partial charge in [-0.3, -0.25) is 9.63 Å². The molecule has 0 aromatic heterocycles. The minimum absolute atomic E-state index is 0.589. The van der Waals surface area contributed by atoms with Crippen LogP contribution in [-0.4, -0.2) is 24.7 Å². The highest BCUT2D eigenvalue weighted by Gasteiger charge is 1.94. The molecular formula is C3H6NO3. The number of carbonyl (C=O) groups excluding carboxylic acids is 1. The molecule has 1 radical (unpaired) electrons. The summed E-state index contributed by atoms with van der Waals surface area (Å²) in [5.41, 5.74) is 2.85. The monoisotopic (exact) mass is 104 g/mol. The minimum atomic E-state index is -0.664. The topological polar surface area (TPSA) is 60.6 Å². The Morgan fingerprint density at radius 3 is 2.71 bits per heavy atom. The van der Waals surface area contributed by atoms with Gasteiger partial charge in [0.1, 0.15) is 6.61 Å². The summed E-state index contributed by atoms with van der Waals surface area (Å²) >= 11 is 0. The SMILES string of the molecule is CO[N]C(=O)CO. The van der Waals surface area contributed by atoms with E-state index in [1.165, 1.54) is 7.11 Å². The van der Waals surface area contributed by atoms with Gasteiger partial charge in [-0.2, -0.15) is 0 Å². The lowest BCUT2D eigenvalue weighted by molar-refractivity contribution is -0.135. The van der Waals surface area contributed by atoms with Crippen LogP contribution in [0.5, 0.6) is 0 Å². The van der Waals surface area contributed by atoms with Crippen molar-refractivity contribution in [2.24, 2.45) is 0 Å². The molecule has 41 valence electrons. The third-order valence-electron chi connectivity index (χ3n) is 0.328. The van der Waals surface area contributed by atoms with Gasteiger partial charge in [-0.25, -0.2) is 0 Å². The van der Waals surface area contributed by atoms with Gasteiger partial charge >= 0.3 is 0 Å². The third kappa shape index (κ3) is 3.21. The van der Waals surface area contributed by atoms with Crippen molar-refractivity contribution in [3.05, 3.63) is 0 Å². The lowest BCUT2D eigenvalue weighted by atomic mass is 10.7. The number of rotatable bonds is 2. The van der Waals surface area contributed by atoms with E-state index in [1.54, 1.807) is 0 Å². The molecule has 0 aliphatic rings. The van der Waals surface area contributed by atoms with E-state index < -0.39 is 12.5 Å². The molecule has 7 heavy (non-hydrogen) atoms. The highest BCUT2D eigenvalue weighted by Crippen LogP contribution is 1.61. The Balaban J connectivity index is 3.00. The summed E-state index contributed by atoms with van der Waals surface area (Å²) in [5.74, 6) is -0.664. The van der Waals surface area contributed by atoms with Gasteiger partial charge in [0.15, 0.2) is 0 Å². The quantitative estimate of drug-likeness (QED) is 0.441. The van der Waals surface area contributed by atoms with Crippen molar-refractivity contribution in [3.8, 4) is 0 Å². The van der Waals surface area contributed by atoms with Crippen molar-refractivity contribution < 1.29 is 14.7 Å². The highest BCUT2D eigenvalue weighted by atomic mass is 16.6. The smallest absolute Gasteiger partial charge is 0.294 e. The Morgan fingerprint density at radius 1 is 2.00 bits per heavy atom. The standard InChI is InChI=1S/C3H6NO3/c1-7-4-3(6)2-5/h5H,2H2,1H3. The first kappa shape index (κ1) is 6.39. The molecule has 0 bridgehead atoms. The van der Waals surface area contributed by atoms with Crippen LogP contribution in [0, 0.1) is 0 Å². The Labute approximate surface area is 41.0 Å². The van der Waals surface area contributed by atoms with Crippen molar-refractivity contribution >= 4 is 5.91 Å². The number of hydrogen-bond donors (Lipinski definition) is 1. The van der Waals surface area contributed by atoms with Crippen LogP contribution in [0.3, 0.4) is 0 Å². The highest BCUT2D eigenvalue weighted by molar-refractivity contribution is 5.75. The summed E-state index contributed by atoms with van der Waals surface area (Å²) in [6.45, 7) is -0.589. The number of nitrogens with zero attached hydrogens (tertiary/aromatic N) is 1. The minimum Gasteiger partial charge on any atom is -0.386 e. The van der Waals surface area contributed by atoms with E-state index in [4.69, 9.17) is 5.11 Å². The van der Waals surface area contributed by atoms with E-state index in [1.807, 2.05) is 0 Å². The van der Waals surface area contributed by atoms with Crippen LogP contribution in [0.25, 0.3) is 0 Å². The molecule has 0 heterocycles. The molecule has 0 aliphatic carbocycles. The molecule has 1 N–H and O–H groups in total. The summed E-state index contributed by atoms with van der Waals surface area (Å²) < 4.78 is 0. The summed E-state index contributed by atoms with van der Waals surface area (Å²) in [5, 5.41) is 7.94. The molecule has 4 heteroatoms. The number of carbonyl (C=O) groups is 1. The number of aliphatic hydroxyl groups is 1. The van der Waals surface area contributed by atoms with Crippen LogP contribution < -0.4 is 5.48 Å². The van der Waals surface area contributed by atoms with Gasteiger partial charge in [-0.1, -0.05) is 5.48 Å². The van der Waals surface area contributed by atoms with Crippen LogP contribution in [0.1, 0.15) is 0 Å². The number of hydrogen-bond acceptors (Lipinski definition) is 3. The Hall–Kier alpha value is -0.610. The molecule has 0 aromatic rings. The van der Waals surface area contributed by atoms with Crippen LogP contribution >= 0.6 is 0 Å². The first-order valence-electron chi connectivity index (χ1n) is 1.69. The van der Waals surface area contributed by atoms with Crippen LogP contribution in [0.15, 0.2) is 0 Å². The van der Waals surface area contributed by atoms with Crippen LogP contribution in [-0.2, 0) is 9.63 Å². The second-order valence-corrected chi connectivity index (χ2v) is 0.826. The van der Waals surface area contributed by atoms with E-state index in [0.717, 1.165) is 0 Å². The van der Waals surface area contributed by atoms with Gasteiger partial charge in [0.05, 0.1) is 7.11 Å². The lowest BCUT2D eigenvalue weighted by Gasteiger charge is -1.88. The predicted molar refractivity (Wildman–Crippen MR) is 21.2 cm³/mol. The van der Waals surface area contributed by atoms with Crippen molar-refractivity contribution in [1.29, 1.82) is 0 Å². The van der Waals surface area contributed by atoms with Gasteiger partial charge < -0.3 is 5.11 Å². The first-order valence-corrected chi connectivity index (χ1v) is 1.69. The summed E-state index contributed by atoms with van der Waals surface area (Å²) in [7, 11) is 1.24. The molecule has 0 aromatic carbocycles. The van der Waals surface area contributed by atoms with Crippen molar-refractivity contribution in [1.82, 2.24) is 5.48 Å². The summed E-state index contributed by atoms with van der Waals surface area (Å²) in [6, 6.07) is 0. The molecule has 0 fully saturated rings.